The summed E-state index contributed by atoms with van der Waals surface area (Å²) in [5.74, 6) is 0.897. The van der Waals surface area contributed by atoms with Crippen molar-refractivity contribution in [3.05, 3.63) is 35.5 Å². The summed E-state index contributed by atoms with van der Waals surface area (Å²) in [6.45, 7) is 8.17. The van der Waals surface area contributed by atoms with Crippen molar-refractivity contribution < 1.29 is 4.74 Å². The fourth-order valence-electron chi connectivity index (χ4n) is 5.11. The number of hydrogen-bond donors (Lipinski definition) is 3. The van der Waals surface area contributed by atoms with Crippen LogP contribution >= 0.6 is 0 Å². The largest absolute Gasteiger partial charge is 0.381 e. The highest BCUT2D eigenvalue weighted by atomic mass is 16.5. The van der Waals surface area contributed by atoms with E-state index in [1.165, 1.54) is 48.0 Å². The zero-order valence-corrected chi connectivity index (χ0v) is 18.6. The lowest BCUT2D eigenvalue weighted by atomic mass is 9.88. The first-order valence-electron chi connectivity index (χ1n) is 11.6. The van der Waals surface area contributed by atoms with Crippen LogP contribution in [0.4, 0.5) is 0 Å². The number of ether oxygens (including phenoxy) is 1. The lowest BCUT2D eigenvalue weighted by Crippen LogP contribution is -2.58. The standard InChI is InChI=1S/C24H37N5O/c1-3-19-7-6-8-21-20(17-27-22(19)21)9-12-26-23(25-2)28-18-24(10-15-30-16-11-24)29-13-4-5-14-29/h6-8,17,27H,3-5,9-16,18H2,1-2H3,(H2,25,26,28). The summed E-state index contributed by atoms with van der Waals surface area (Å²) in [7, 11) is 1.86. The van der Waals surface area contributed by atoms with Gasteiger partial charge in [0.2, 0.25) is 0 Å². The van der Waals surface area contributed by atoms with Gasteiger partial charge in [-0.15, -0.1) is 0 Å². The number of hydrogen-bond acceptors (Lipinski definition) is 3. The minimum Gasteiger partial charge on any atom is -0.381 e. The Kier molecular flexibility index (Phi) is 6.95. The number of aryl methyl sites for hydroxylation is 1. The first-order valence-corrected chi connectivity index (χ1v) is 11.6. The minimum absolute atomic E-state index is 0.208. The number of para-hydroxylation sites is 1. The second-order valence-electron chi connectivity index (χ2n) is 8.64. The smallest absolute Gasteiger partial charge is 0.191 e. The molecule has 2 saturated heterocycles. The highest BCUT2D eigenvalue weighted by Crippen LogP contribution is 2.30. The Balaban J connectivity index is 1.33. The van der Waals surface area contributed by atoms with Crippen LogP contribution in [-0.4, -0.2) is 67.8 Å². The van der Waals surface area contributed by atoms with Gasteiger partial charge in [-0.3, -0.25) is 9.89 Å². The molecule has 0 spiro atoms. The molecule has 6 heteroatoms. The highest BCUT2D eigenvalue weighted by molar-refractivity contribution is 5.86. The molecule has 4 rings (SSSR count). The second-order valence-corrected chi connectivity index (χ2v) is 8.64. The number of H-pyrrole nitrogens is 1. The topological polar surface area (TPSA) is 64.7 Å². The van der Waals surface area contributed by atoms with Crippen LogP contribution in [-0.2, 0) is 17.6 Å². The summed E-state index contributed by atoms with van der Waals surface area (Å²) in [6, 6.07) is 6.59. The minimum atomic E-state index is 0.208. The molecule has 0 aliphatic carbocycles. The molecule has 2 aliphatic rings. The molecule has 2 aromatic rings. The molecular weight excluding hydrogens is 374 g/mol. The maximum atomic E-state index is 5.67. The number of nitrogens with zero attached hydrogens (tertiary/aromatic N) is 2. The Morgan fingerprint density at radius 2 is 1.97 bits per heavy atom. The monoisotopic (exact) mass is 411 g/mol. The van der Waals surface area contributed by atoms with E-state index in [4.69, 9.17) is 4.74 Å². The van der Waals surface area contributed by atoms with E-state index in [-0.39, 0.29) is 5.54 Å². The van der Waals surface area contributed by atoms with Crippen LogP contribution in [0.5, 0.6) is 0 Å². The van der Waals surface area contributed by atoms with Gasteiger partial charge in [-0.1, -0.05) is 25.1 Å². The van der Waals surface area contributed by atoms with Gasteiger partial charge < -0.3 is 20.4 Å². The van der Waals surface area contributed by atoms with Gasteiger partial charge in [0.05, 0.1) is 0 Å². The van der Waals surface area contributed by atoms with Crippen LogP contribution in [0.15, 0.2) is 29.4 Å². The number of fused-ring (bicyclic) bond motifs is 1. The normalized spacial score (nSPS) is 20.0. The molecule has 0 bridgehead atoms. The van der Waals surface area contributed by atoms with Crippen molar-refractivity contribution >= 4 is 16.9 Å². The van der Waals surface area contributed by atoms with E-state index in [2.05, 4.69) is 56.8 Å². The molecule has 2 fully saturated rings. The molecule has 0 atom stereocenters. The number of aliphatic imine (C=N–C) groups is 1. The van der Waals surface area contributed by atoms with Gasteiger partial charge in [0, 0.05) is 56.0 Å². The van der Waals surface area contributed by atoms with Gasteiger partial charge in [-0.05, 0) is 62.7 Å². The number of benzene rings is 1. The number of guanidine groups is 1. The van der Waals surface area contributed by atoms with E-state index in [1.807, 2.05) is 7.05 Å². The maximum Gasteiger partial charge on any atom is 0.191 e. The van der Waals surface area contributed by atoms with Gasteiger partial charge in [-0.25, -0.2) is 0 Å². The molecule has 1 aromatic carbocycles. The molecular formula is C24H37N5O. The first kappa shape index (κ1) is 21.2. The number of nitrogens with one attached hydrogen (secondary N) is 3. The summed E-state index contributed by atoms with van der Waals surface area (Å²) in [4.78, 5) is 10.6. The van der Waals surface area contributed by atoms with Crippen molar-refractivity contribution in [1.82, 2.24) is 20.5 Å². The lowest BCUT2D eigenvalue weighted by Gasteiger charge is -2.45. The van der Waals surface area contributed by atoms with E-state index in [0.29, 0.717) is 0 Å². The fraction of sp³-hybridized carbons (Fsp3) is 0.625. The van der Waals surface area contributed by atoms with Gasteiger partial charge in [0.15, 0.2) is 5.96 Å². The summed E-state index contributed by atoms with van der Waals surface area (Å²) in [6.07, 6.45) is 9.03. The molecule has 0 unspecified atom stereocenters. The average molecular weight is 412 g/mol. The fourth-order valence-corrected chi connectivity index (χ4v) is 5.11. The average Bonchev–Trinajstić information content (AvgIpc) is 3.47. The number of rotatable bonds is 7. The molecule has 0 amide bonds. The molecule has 164 valence electrons. The van der Waals surface area contributed by atoms with Crippen LogP contribution in [0.25, 0.3) is 10.9 Å². The summed E-state index contributed by atoms with van der Waals surface area (Å²) >= 11 is 0. The Bertz CT molecular complexity index is 846. The summed E-state index contributed by atoms with van der Waals surface area (Å²) in [5.41, 5.74) is 4.23. The molecule has 3 N–H and O–H groups in total. The number of likely N-dealkylation sites (tertiary alicyclic amines) is 1. The van der Waals surface area contributed by atoms with Gasteiger partial charge in [-0.2, -0.15) is 0 Å². The number of aromatic nitrogens is 1. The first-order chi connectivity index (χ1) is 14.8. The van der Waals surface area contributed by atoms with Crippen LogP contribution in [0, 0.1) is 0 Å². The maximum absolute atomic E-state index is 5.67. The summed E-state index contributed by atoms with van der Waals surface area (Å²) < 4.78 is 5.67. The van der Waals surface area contributed by atoms with E-state index in [9.17, 15) is 0 Å². The second kappa shape index (κ2) is 9.84. The molecule has 2 aliphatic heterocycles. The van der Waals surface area contributed by atoms with Crippen molar-refractivity contribution in [3.63, 3.8) is 0 Å². The van der Waals surface area contributed by atoms with Crippen LogP contribution in [0.1, 0.15) is 43.7 Å². The van der Waals surface area contributed by atoms with Crippen molar-refractivity contribution in [2.24, 2.45) is 4.99 Å². The van der Waals surface area contributed by atoms with Crippen molar-refractivity contribution in [3.8, 4) is 0 Å². The Morgan fingerprint density at radius 3 is 2.70 bits per heavy atom. The Hall–Kier alpha value is -2.05. The Labute approximate surface area is 180 Å². The van der Waals surface area contributed by atoms with Crippen molar-refractivity contribution in [1.29, 1.82) is 0 Å². The van der Waals surface area contributed by atoms with Crippen LogP contribution in [0.2, 0.25) is 0 Å². The predicted octanol–water partition coefficient (Wildman–Crippen LogP) is 3.08. The van der Waals surface area contributed by atoms with Gasteiger partial charge in [0.1, 0.15) is 0 Å². The zero-order valence-electron chi connectivity index (χ0n) is 18.6. The van der Waals surface area contributed by atoms with Crippen LogP contribution < -0.4 is 10.6 Å². The van der Waals surface area contributed by atoms with Gasteiger partial charge in [0.25, 0.3) is 0 Å². The molecule has 30 heavy (non-hydrogen) atoms. The van der Waals surface area contributed by atoms with E-state index < -0.39 is 0 Å². The molecule has 3 heterocycles. The van der Waals surface area contributed by atoms with Gasteiger partial charge >= 0.3 is 0 Å². The van der Waals surface area contributed by atoms with Crippen molar-refractivity contribution in [2.75, 3.05) is 46.4 Å². The lowest BCUT2D eigenvalue weighted by molar-refractivity contribution is -0.0164. The third-order valence-electron chi connectivity index (χ3n) is 6.96. The molecule has 6 nitrogen and oxygen atoms in total. The highest BCUT2D eigenvalue weighted by Gasteiger charge is 2.39. The van der Waals surface area contributed by atoms with E-state index in [0.717, 1.165) is 57.9 Å². The molecule has 0 radical (unpaired) electrons. The predicted molar refractivity (Wildman–Crippen MR) is 124 cm³/mol. The van der Waals surface area contributed by atoms with E-state index in [1.54, 1.807) is 0 Å². The zero-order chi connectivity index (χ0) is 20.8. The summed E-state index contributed by atoms with van der Waals surface area (Å²) in [5, 5.41) is 8.49. The Morgan fingerprint density at radius 1 is 1.17 bits per heavy atom. The van der Waals surface area contributed by atoms with E-state index >= 15 is 0 Å². The molecule has 0 saturated carbocycles. The number of aromatic amines is 1. The van der Waals surface area contributed by atoms with Crippen LogP contribution in [0.3, 0.4) is 0 Å². The molecule has 1 aromatic heterocycles. The SMILES string of the molecule is CCc1cccc2c(CCNC(=NC)NCC3(N4CCCC4)CCOCC3)c[nH]c12. The van der Waals surface area contributed by atoms with Crippen molar-refractivity contribution in [2.45, 2.75) is 51.0 Å². The quantitative estimate of drug-likeness (QED) is 0.484. The third kappa shape index (κ3) is 4.49. The third-order valence-corrected chi connectivity index (χ3v) is 6.96.